The van der Waals surface area contributed by atoms with Gasteiger partial charge in [0.1, 0.15) is 5.82 Å². The number of aryl methyl sites for hydroxylation is 1. The smallest absolute Gasteiger partial charge is 0.230 e. The minimum atomic E-state index is -0.0414. The van der Waals surface area contributed by atoms with Crippen LogP contribution in [0.25, 0.3) is 0 Å². The highest BCUT2D eigenvalue weighted by Gasteiger charge is 2.27. The van der Waals surface area contributed by atoms with E-state index in [0.717, 1.165) is 33.5 Å². The van der Waals surface area contributed by atoms with E-state index in [-0.39, 0.29) is 5.91 Å². The first-order valence-corrected chi connectivity index (χ1v) is 10.8. The van der Waals surface area contributed by atoms with Crippen LogP contribution in [0.4, 0.5) is 10.8 Å². The molecule has 0 radical (unpaired) electrons. The van der Waals surface area contributed by atoms with E-state index in [1.54, 1.807) is 23.6 Å². The number of amides is 1. The molecule has 8 heteroatoms. The Labute approximate surface area is 166 Å². The molecule has 3 aromatic rings. The van der Waals surface area contributed by atoms with Crippen molar-refractivity contribution >= 4 is 39.8 Å². The van der Waals surface area contributed by atoms with Crippen LogP contribution in [-0.2, 0) is 10.5 Å². The predicted octanol–water partition coefficient (Wildman–Crippen LogP) is 4.73. The Bertz CT molecular complexity index is 976. The average Bonchev–Trinajstić information content (AvgIpc) is 3.20. The van der Waals surface area contributed by atoms with E-state index in [9.17, 15) is 4.79 Å². The molecular formula is C19H21N5OS2. The van der Waals surface area contributed by atoms with Crippen LogP contribution in [0.3, 0.4) is 0 Å². The number of carbonyl (C=O) groups excluding carboxylic acids is 1. The molecule has 1 aromatic carbocycles. The molecule has 6 nitrogen and oxygen atoms in total. The van der Waals surface area contributed by atoms with Crippen LogP contribution < -0.4 is 4.90 Å². The zero-order valence-corrected chi connectivity index (χ0v) is 17.2. The van der Waals surface area contributed by atoms with Crippen molar-refractivity contribution in [3.05, 3.63) is 46.2 Å². The fraction of sp³-hybridized carbons (Fsp3) is 0.368. The van der Waals surface area contributed by atoms with Gasteiger partial charge in [-0.25, -0.2) is 9.97 Å². The van der Waals surface area contributed by atoms with Gasteiger partial charge < -0.3 is 0 Å². The van der Waals surface area contributed by atoms with Crippen molar-refractivity contribution in [1.82, 2.24) is 20.2 Å². The molecule has 0 unspecified atom stereocenters. The van der Waals surface area contributed by atoms with Crippen LogP contribution in [0.2, 0.25) is 0 Å². The Morgan fingerprint density at radius 2 is 2.15 bits per heavy atom. The van der Waals surface area contributed by atoms with Gasteiger partial charge in [-0.3, -0.25) is 14.8 Å². The van der Waals surface area contributed by atoms with E-state index in [0.29, 0.717) is 16.8 Å². The monoisotopic (exact) mass is 399 g/mol. The predicted molar refractivity (Wildman–Crippen MR) is 109 cm³/mol. The van der Waals surface area contributed by atoms with Crippen LogP contribution in [0, 0.1) is 13.8 Å². The quantitative estimate of drug-likeness (QED) is 0.606. The Hall–Kier alpha value is -2.19. The van der Waals surface area contributed by atoms with Crippen molar-refractivity contribution in [1.29, 1.82) is 0 Å². The van der Waals surface area contributed by atoms with Crippen LogP contribution >= 0.6 is 23.1 Å². The van der Waals surface area contributed by atoms with Crippen molar-refractivity contribution in [2.45, 2.75) is 50.4 Å². The highest BCUT2D eigenvalue weighted by atomic mass is 32.2. The van der Waals surface area contributed by atoms with Gasteiger partial charge in [-0.15, -0.1) is 16.4 Å². The molecule has 0 atom stereocenters. The molecule has 1 N–H and O–H groups in total. The molecule has 4 rings (SSSR count). The lowest BCUT2D eigenvalue weighted by Gasteiger charge is -2.21. The normalized spacial score (nSPS) is 13.7. The van der Waals surface area contributed by atoms with Crippen LogP contribution in [-0.4, -0.2) is 26.1 Å². The van der Waals surface area contributed by atoms with Gasteiger partial charge in [-0.05, 0) is 43.9 Å². The third kappa shape index (κ3) is 3.91. The largest absolute Gasteiger partial charge is 0.274 e. The van der Waals surface area contributed by atoms with Crippen LogP contribution in [0.15, 0.2) is 28.7 Å². The number of nitrogens with zero attached hydrogens (tertiary/aromatic N) is 4. The number of hydrogen-bond acceptors (Lipinski definition) is 6. The van der Waals surface area contributed by atoms with Crippen LogP contribution in [0.1, 0.15) is 48.3 Å². The first-order valence-electron chi connectivity index (χ1n) is 8.89. The summed E-state index contributed by atoms with van der Waals surface area (Å²) in [5.74, 6) is 2.20. The summed E-state index contributed by atoms with van der Waals surface area (Å²) in [7, 11) is 0. The molecule has 2 heterocycles. The van der Waals surface area contributed by atoms with Gasteiger partial charge >= 0.3 is 0 Å². The van der Waals surface area contributed by atoms with Gasteiger partial charge in [0, 0.05) is 24.0 Å². The first-order chi connectivity index (χ1) is 13.0. The summed E-state index contributed by atoms with van der Waals surface area (Å²) in [5, 5.41) is 10.7. The maximum atomic E-state index is 12.3. The van der Waals surface area contributed by atoms with Gasteiger partial charge in [0.2, 0.25) is 11.1 Å². The molecule has 27 heavy (non-hydrogen) atoms. The number of carbonyl (C=O) groups is 1. The third-order valence-electron chi connectivity index (χ3n) is 4.66. The van der Waals surface area contributed by atoms with E-state index in [4.69, 9.17) is 0 Å². The van der Waals surface area contributed by atoms with Crippen molar-refractivity contribution in [2.75, 3.05) is 4.90 Å². The summed E-state index contributed by atoms with van der Waals surface area (Å²) in [6.45, 7) is 5.66. The Morgan fingerprint density at radius 1 is 1.33 bits per heavy atom. The van der Waals surface area contributed by atoms with Gasteiger partial charge in [-0.1, -0.05) is 23.9 Å². The molecule has 1 aliphatic rings. The summed E-state index contributed by atoms with van der Waals surface area (Å²) >= 11 is 3.04. The van der Waals surface area contributed by atoms with Gasteiger partial charge in [0.15, 0.2) is 5.13 Å². The van der Waals surface area contributed by atoms with E-state index in [1.807, 2.05) is 37.4 Å². The fourth-order valence-electron chi connectivity index (χ4n) is 2.85. The minimum absolute atomic E-state index is 0.0414. The lowest BCUT2D eigenvalue weighted by atomic mass is 10.1. The molecule has 0 spiro atoms. The number of H-pyrrole nitrogens is 1. The average molecular weight is 400 g/mol. The molecule has 1 fully saturated rings. The molecule has 0 saturated heterocycles. The summed E-state index contributed by atoms with van der Waals surface area (Å²) in [6.07, 6.45) is 2.40. The second-order valence-electron chi connectivity index (χ2n) is 6.76. The van der Waals surface area contributed by atoms with Crippen molar-refractivity contribution in [3.8, 4) is 0 Å². The molecule has 1 aliphatic carbocycles. The molecule has 2 aromatic heterocycles. The molecule has 1 saturated carbocycles. The zero-order chi connectivity index (χ0) is 19.0. The first kappa shape index (κ1) is 18.2. The zero-order valence-electron chi connectivity index (χ0n) is 15.5. The highest BCUT2D eigenvalue weighted by Crippen LogP contribution is 2.38. The van der Waals surface area contributed by atoms with E-state index < -0.39 is 0 Å². The third-order valence-corrected chi connectivity index (χ3v) is 6.41. The number of thiazole rings is 1. The Balaban J connectivity index is 1.50. The Kier molecular flexibility index (Phi) is 5.01. The highest BCUT2D eigenvalue weighted by molar-refractivity contribution is 7.98. The van der Waals surface area contributed by atoms with E-state index in [2.05, 4.69) is 20.2 Å². The number of thioether (sulfide) groups is 1. The molecule has 0 aliphatic heterocycles. The Morgan fingerprint density at radius 3 is 2.89 bits per heavy atom. The molecule has 140 valence electrons. The van der Waals surface area contributed by atoms with Crippen molar-refractivity contribution in [2.24, 2.45) is 0 Å². The molecular weight excluding hydrogens is 378 g/mol. The summed E-state index contributed by atoms with van der Waals surface area (Å²) in [6, 6.07) is 5.99. The van der Waals surface area contributed by atoms with Gasteiger partial charge in [0.25, 0.3) is 0 Å². The molecule has 0 bridgehead atoms. The number of nitrogens with one attached hydrogen (secondary N) is 1. The second-order valence-corrected chi connectivity index (χ2v) is 8.54. The van der Waals surface area contributed by atoms with Gasteiger partial charge in [-0.2, -0.15) is 0 Å². The van der Waals surface area contributed by atoms with E-state index in [1.165, 1.54) is 24.2 Å². The second kappa shape index (κ2) is 7.44. The topological polar surface area (TPSA) is 74.8 Å². The standard InChI is InChI=1S/C19H21N5OS2/c1-11-5-4-6-16(12(11)2)24(13(3)25)19-20-15(10-27-19)9-26-18-21-17(22-23-18)14-7-8-14/h4-6,10,14H,7-9H2,1-3H3,(H,21,22,23). The fourth-order valence-corrected chi connectivity index (χ4v) is 4.53. The maximum Gasteiger partial charge on any atom is 0.230 e. The van der Waals surface area contributed by atoms with Crippen molar-refractivity contribution < 1.29 is 4.79 Å². The van der Waals surface area contributed by atoms with Gasteiger partial charge in [0.05, 0.1) is 11.4 Å². The van der Waals surface area contributed by atoms with Crippen molar-refractivity contribution in [3.63, 3.8) is 0 Å². The summed E-state index contributed by atoms with van der Waals surface area (Å²) in [5.41, 5.74) is 4.06. The van der Waals surface area contributed by atoms with Crippen LogP contribution in [0.5, 0.6) is 0 Å². The number of anilines is 2. The summed E-state index contributed by atoms with van der Waals surface area (Å²) < 4.78 is 0. The lowest BCUT2D eigenvalue weighted by Crippen LogP contribution is -2.23. The lowest BCUT2D eigenvalue weighted by molar-refractivity contribution is -0.115. The number of aromatic nitrogens is 4. The number of hydrogen-bond donors (Lipinski definition) is 1. The number of aromatic amines is 1. The summed E-state index contributed by atoms with van der Waals surface area (Å²) in [4.78, 5) is 23.2. The minimum Gasteiger partial charge on any atom is -0.274 e. The SMILES string of the molecule is CC(=O)N(c1nc(CSc2n[nH]c(C3CC3)n2)cs1)c1cccc(C)c1C. The maximum absolute atomic E-state index is 12.3. The van der Waals surface area contributed by atoms with E-state index >= 15 is 0 Å². The molecule has 1 amide bonds. The number of rotatable bonds is 6. The number of benzene rings is 1.